The zero-order chi connectivity index (χ0) is 13.8. The fraction of sp³-hybridized carbons (Fsp3) is 0.176. The van der Waals surface area contributed by atoms with E-state index in [2.05, 4.69) is 0 Å². The fourth-order valence-corrected chi connectivity index (χ4v) is 1.95. The number of phenolic OH excluding ortho intramolecular Hbond substituents is 2. The summed E-state index contributed by atoms with van der Waals surface area (Å²) in [5.74, 6) is 0.271. The molecular formula is C17H18O2. The Kier molecular flexibility index (Phi) is 3.91. The number of rotatable bonds is 3. The van der Waals surface area contributed by atoms with Gasteiger partial charge in [-0.2, -0.15) is 0 Å². The molecule has 98 valence electrons. The molecular weight excluding hydrogens is 236 g/mol. The van der Waals surface area contributed by atoms with Gasteiger partial charge in [0.25, 0.3) is 0 Å². The Bertz CT molecular complexity index is 571. The number of benzene rings is 2. The molecule has 0 heterocycles. The standard InChI is InChI=1S/C17H18O2/c1-12(2)8-9-15-16(18)10-14(11-17(15)19)13-6-4-3-5-7-13/h3-8,10-11,18-19H,9H2,1-2H3. The van der Waals surface area contributed by atoms with Gasteiger partial charge in [-0.05, 0) is 43.5 Å². The Balaban J connectivity index is 2.40. The van der Waals surface area contributed by atoms with Crippen LogP contribution in [-0.2, 0) is 6.42 Å². The SMILES string of the molecule is CC(C)=CCc1c(O)cc(-c2ccccc2)cc1O. The molecule has 0 radical (unpaired) electrons. The van der Waals surface area contributed by atoms with Gasteiger partial charge in [0.15, 0.2) is 0 Å². The lowest BCUT2D eigenvalue weighted by Crippen LogP contribution is -1.87. The number of allylic oxidation sites excluding steroid dienone is 2. The van der Waals surface area contributed by atoms with E-state index >= 15 is 0 Å². The summed E-state index contributed by atoms with van der Waals surface area (Å²) in [6.45, 7) is 3.98. The minimum Gasteiger partial charge on any atom is -0.507 e. The second kappa shape index (κ2) is 5.61. The van der Waals surface area contributed by atoms with Crippen LogP contribution in [-0.4, -0.2) is 10.2 Å². The lowest BCUT2D eigenvalue weighted by atomic mass is 10.00. The average molecular weight is 254 g/mol. The predicted octanol–water partition coefficient (Wildman–Crippen LogP) is 4.27. The van der Waals surface area contributed by atoms with Crippen molar-refractivity contribution < 1.29 is 10.2 Å². The highest BCUT2D eigenvalue weighted by atomic mass is 16.3. The maximum atomic E-state index is 10.1. The smallest absolute Gasteiger partial charge is 0.123 e. The molecule has 0 atom stereocenters. The molecule has 0 bridgehead atoms. The van der Waals surface area contributed by atoms with Gasteiger partial charge in [-0.25, -0.2) is 0 Å². The van der Waals surface area contributed by atoms with Crippen LogP contribution in [0.3, 0.4) is 0 Å². The first-order valence-corrected chi connectivity index (χ1v) is 6.31. The Morgan fingerprint density at radius 3 is 2.05 bits per heavy atom. The third kappa shape index (κ3) is 3.16. The Labute approximate surface area is 113 Å². The second-order valence-corrected chi connectivity index (χ2v) is 4.84. The minimum absolute atomic E-state index is 0.136. The molecule has 0 aliphatic heterocycles. The van der Waals surface area contributed by atoms with Crippen LogP contribution in [0.2, 0.25) is 0 Å². The quantitative estimate of drug-likeness (QED) is 0.803. The Morgan fingerprint density at radius 1 is 0.947 bits per heavy atom. The molecule has 0 saturated heterocycles. The van der Waals surface area contributed by atoms with Crippen molar-refractivity contribution in [2.45, 2.75) is 20.3 Å². The van der Waals surface area contributed by atoms with Gasteiger partial charge in [-0.1, -0.05) is 42.0 Å². The van der Waals surface area contributed by atoms with Crippen molar-refractivity contribution in [2.75, 3.05) is 0 Å². The van der Waals surface area contributed by atoms with Crippen LogP contribution in [0.1, 0.15) is 19.4 Å². The summed E-state index contributed by atoms with van der Waals surface area (Å²) >= 11 is 0. The molecule has 0 saturated carbocycles. The molecule has 2 aromatic rings. The number of hydrogen-bond acceptors (Lipinski definition) is 2. The summed E-state index contributed by atoms with van der Waals surface area (Å²) in [6, 6.07) is 13.1. The van der Waals surface area contributed by atoms with Gasteiger partial charge < -0.3 is 10.2 Å². The van der Waals surface area contributed by atoms with Crippen LogP contribution in [0.15, 0.2) is 54.1 Å². The van der Waals surface area contributed by atoms with Crippen LogP contribution in [0.25, 0.3) is 11.1 Å². The summed E-state index contributed by atoms with van der Waals surface area (Å²) in [5, 5.41) is 20.1. The van der Waals surface area contributed by atoms with E-state index < -0.39 is 0 Å². The summed E-state index contributed by atoms with van der Waals surface area (Å²) in [7, 11) is 0. The molecule has 0 amide bonds. The molecule has 2 N–H and O–H groups in total. The maximum Gasteiger partial charge on any atom is 0.123 e. The lowest BCUT2D eigenvalue weighted by molar-refractivity contribution is 0.441. The fourth-order valence-electron chi connectivity index (χ4n) is 1.95. The molecule has 19 heavy (non-hydrogen) atoms. The first-order chi connectivity index (χ1) is 9.08. The number of phenols is 2. The second-order valence-electron chi connectivity index (χ2n) is 4.84. The average Bonchev–Trinajstić information content (AvgIpc) is 2.38. The van der Waals surface area contributed by atoms with Crippen molar-refractivity contribution in [3.63, 3.8) is 0 Å². The summed E-state index contributed by atoms with van der Waals surface area (Å²) in [4.78, 5) is 0. The van der Waals surface area contributed by atoms with E-state index in [0.29, 0.717) is 12.0 Å². The summed E-state index contributed by atoms with van der Waals surface area (Å²) in [5.41, 5.74) is 3.52. The van der Waals surface area contributed by atoms with E-state index in [-0.39, 0.29) is 11.5 Å². The molecule has 0 unspecified atom stereocenters. The zero-order valence-corrected chi connectivity index (χ0v) is 11.2. The first kappa shape index (κ1) is 13.2. The first-order valence-electron chi connectivity index (χ1n) is 6.31. The van der Waals surface area contributed by atoms with E-state index in [0.717, 1.165) is 16.7 Å². The maximum absolute atomic E-state index is 10.1. The monoisotopic (exact) mass is 254 g/mol. The summed E-state index contributed by atoms with van der Waals surface area (Å²) < 4.78 is 0. The Hall–Kier alpha value is -2.22. The topological polar surface area (TPSA) is 40.5 Å². The molecule has 0 spiro atoms. The van der Waals surface area contributed by atoms with Crippen molar-refractivity contribution >= 4 is 0 Å². The lowest BCUT2D eigenvalue weighted by Gasteiger charge is -2.09. The normalized spacial score (nSPS) is 10.2. The van der Waals surface area contributed by atoms with Crippen molar-refractivity contribution in [3.8, 4) is 22.6 Å². The van der Waals surface area contributed by atoms with Crippen LogP contribution >= 0.6 is 0 Å². The molecule has 0 aliphatic carbocycles. The van der Waals surface area contributed by atoms with Gasteiger partial charge in [0, 0.05) is 5.56 Å². The largest absolute Gasteiger partial charge is 0.507 e. The van der Waals surface area contributed by atoms with Crippen LogP contribution in [0, 0.1) is 0 Å². The number of hydrogen-bond donors (Lipinski definition) is 2. The van der Waals surface area contributed by atoms with Gasteiger partial charge in [0.1, 0.15) is 11.5 Å². The number of aromatic hydroxyl groups is 2. The van der Waals surface area contributed by atoms with E-state index in [4.69, 9.17) is 0 Å². The van der Waals surface area contributed by atoms with Crippen LogP contribution < -0.4 is 0 Å². The predicted molar refractivity (Wildman–Crippen MR) is 78.3 cm³/mol. The zero-order valence-electron chi connectivity index (χ0n) is 11.2. The van der Waals surface area contributed by atoms with Crippen molar-refractivity contribution in [3.05, 3.63) is 59.7 Å². The van der Waals surface area contributed by atoms with Crippen LogP contribution in [0.4, 0.5) is 0 Å². The van der Waals surface area contributed by atoms with Gasteiger partial charge in [-0.3, -0.25) is 0 Å². The molecule has 2 aromatic carbocycles. The molecule has 2 nitrogen and oxygen atoms in total. The van der Waals surface area contributed by atoms with E-state index in [1.54, 1.807) is 12.1 Å². The van der Waals surface area contributed by atoms with Crippen molar-refractivity contribution in [1.29, 1.82) is 0 Å². The van der Waals surface area contributed by atoms with E-state index in [9.17, 15) is 10.2 Å². The highest BCUT2D eigenvalue weighted by Gasteiger charge is 2.09. The van der Waals surface area contributed by atoms with Crippen molar-refractivity contribution in [1.82, 2.24) is 0 Å². The van der Waals surface area contributed by atoms with Gasteiger partial charge in [-0.15, -0.1) is 0 Å². The molecule has 0 aliphatic rings. The van der Waals surface area contributed by atoms with Crippen LogP contribution in [0.5, 0.6) is 11.5 Å². The van der Waals surface area contributed by atoms with E-state index in [1.807, 2.05) is 50.3 Å². The van der Waals surface area contributed by atoms with Gasteiger partial charge >= 0.3 is 0 Å². The third-order valence-corrected chi connectivity index (χ3v) is 3.02. The van der Waals surface area contributed by atoms with Crippen molar-refractivity contribution in [2.24, 2.45) is 0 Å². The molecule has 2 rings (SSSR count). The third-order valence-electron chi connectivity index (χ3n) is 3.02. The summed E-state index contributed by atoms with van der Waals surface area (Å²) in [6.07, 6.45) is 2.52. The molecule has 2 heteroatoms. The molecule has 0 fully saturated rings. The highest BCUT2D eigenvalue weighted by Crippen LogP contribution is 2.34. The van der Waals surface area contributed by atoms with Gasteiger partial charge in [0.05, 0.1) is 0 Å². The minimum atomic E-state index is 0.136. The Morgan fingerprint density at radius 2 is 1.53 bits per heavy atom. The highest BCUT2D eigenvalue weighted by molar-refractivity contribution is 5.68. The molecule has 0 aromatic heterocycles. The van der Waals surface area contributed by atoms with Gasteiger partial charge in [0.2, 0.25) is 0 Å². The van der Waals surface area contributed by atoms with E-state index in [1.165, 1.54) is 0 Å².